The van der Waals surface area contributed by atoms with Crippen molar-refractivity contribution in [1.82, 2.24) is 14.2 Å². The highest BCUT2D eigenvalue weighted by Gasteiger charge is 2.60. The van der Waals surface area contributed by atoms with Crippen molar-refractivity contribution in [2.24, 2.45) is 11.8 Å². The normalized spacial score (nSPS) is 20.5. The summed E-state index contributed by atoms with van der Waals surface area (Å²) >= 11 is 3.09. The highest BCUT2D eigenvalue weighted by Crippen LogP contribution is 2.52. The Morgan fingerprint density at radius 3 is 2.11 bits per heavy atom. The number of piperidine rings is 1. The van der Waals surface area contributed by atoms with E-state index < -0.39 is 40.0 Å². The van der Waals surface area contributed by atoms with Gasteiger partial charge < -0.3 is 24.4 Å². The van der Waals surface area contributed by atoms with Crippen LogP contribution in [0, 0.1) is 32.1 Å². The van der Waals surface area contributed by atoms with Crippen LogP contribution in [0.4, 0.5) is 16.2 Å². The Hall–Kier alpha value is -5.33. The van der Waals surface area contributed by atoms with Gasteiger partial charge in [0.2, 0.25) is 15.8 Å². The zero-order chi connectivity index (χ0) is 38.4. The molecular weight excluding hydrogens is 741 g/mol. The van der Waals surface area contributed by atoms with Crippen molar-refractivity contribution in [2.45, 2.75) is 63.1 Å². The van der Waals surface area contributed by atoms with Gasteiger partial charge >= 0.3 is 12.1 Å². The number of benzene rings is 2. The maximum Gasteiger partial charge on any atom is 0.410 e. The number of aromatic nitrogens is 2. The van der Waals surface area contributed by atoms with E-state index in [1.165, 1.54) is 52.6 Å². The summed E-state index contributed by atoms with van der Waals surface area (Å²) in [6.45, 7) is 4.37. The second-order valence-electron chi connectivity index (χ2n) is 13.6. The number of hydrogen-bond donors (Lipinski definition) is 1. The average Bonchev–Trinajstić information content (AvgIpc) is 3.80. The molecular formula is C36H37N6O10S2+. The molecule has 4 atom stereocenters. The van der Waals surface area contributed by atoms with Gasteiger partial charge in [0.1, 0.15) is 31.1 Å². The maximum absolute atomic E-state index is 13.8. The van der Waals surface area contributed by atoms with E-state index in [0.717, 1.165) is 14.7 Å². The van der Waals surface area contributed by atoms with Gasteiger partial charge in [-0.1, -0.05) is 30.0 Å². The second-order valence-corrected chi connectivity index (χ2v) is 15.4. The predicted molar refractivity (Wildman–Crippen MR) is 195 cm³/mol. The van der Waals surface area contributed by atoms with E-state index in [1.54, 1.807) is 35.7 Å². The van der Waals surface area contributed by atoms with Gasteiger partial charge in [-0.15, -0.1) is 0 Å². The van der Waals surface area contributed by atoms with Crippen LogP contribution in [-0.2, 0) is 32.3 Å². The monoisotopic (exact) mass is 777 g/mol. The first-order valence-electron chi connectivity index (χ1n) is 17.3. The first-order chi connectivity index (χ1) is 25.9. The van der Waals surface area contributed by atoms with Gasteiger partial charge in [0.05, 0.1) is 32.8 Å². The Morgan fingerprint density at radius 1 is 1.00 bits per heavy atom. The van der Waals surface area contributed by atoms with E-state index >= 15 is 0 Å². The molecule has 7 rings (SSSR count). The molecule has 2 aromatic carbocycles. The number of likely N-dealkylation sites (tertiary alicyclic amines) is 1. The Kier molecular flexibility index (Phi) is 10.2. The van der Waals surface area contributed by atoms with Crippen molar-refractivity contribution < 1.29 is 43.4 Å². The van der Waals surface area contributed by atoms with Gasteiger partial charge in [0.15, 0.2) is 0 Å². The molecule has 3 aliphatic rings. The number of nitro groups is 2. The lowest BCUT2D eigenvalue weighted by atomic mass is 9.77. The molecule has 2 saturated heterocycles. The number of non-ortho nitro benzene ring substituents is 2. The van der Waals surface area contributed by atoms with Crippen LogP contribution in [0.2, 0.25) is 0 Å². The molecule has 4 aromatic rings. The quantitative estimate of drug-likeness (QED) is 0.0532. The third kappa shape index (κ3) is 6.68. The van der Waals surface area contributed by atoms with Crippen molar-refractivity contribution in [1.29, 1.82) is 0 Å². The number of ether oxygens (including phenoxy) is 2. The number of β-lactam (4-membered cyclic amide) rings is 1. The number of nitrogens with zero attached hydrogens (tertiary/aromatic N) is 6. The number of amides is 2. The minimum absolute atomic E-state index is 0.0147. The maximum atomic E-state index is 13.8. The number of thiazole rings is 1. The largest absolute Gasteiger partial charge is 0.456 e. The van der Waals surface area contributed by atoms with Crippen molar-refractivity contribution in [3.8, 4) is 0 Å². The van der Waals surface area contributed by atoms with E-state index in [9.17, 15) is 39.7 Å². The molecule has 0 unspecified atom stereocenters. The minimum Gasteiger partial charge on any atom is -0.456 e. The van der Waals surface area contributed by atoms with Gasteiger partial charge in [-0.25, -0.2) is 14.2 Å². The SMILES string of the molecule is CSc1c2sc(C3=C(C(=O)OCc4ccc([N+](=O)[O-])cc4)N4C(=O)[C@H]([C@@H](C)O)[C@H]4[C@H]3C)cn2c[n+]1C1CCN(C(=O)OCc2ccc([N+](=O)[O-])cc2)CC1. The molecule has 0 radical (unpaired) electrons. The van der Waals surface area contributed by atoms with E-state index in [-0.39, 0.29) is 48.2 Å². The highest BCUT2D eigenvalue weighted by molar-refractivity contribution is 7.98. The number of aliphatic hydroxyl groups is 1. The molecule has 0 saturated carbocycles. The van der Waals surface area contributed by atoms with Gasteiger partial charge in [-0.3, -0.25) is 25.0 Å². The predicted octanol–water partition coefficient (Wildman–Crippen LogP) is 5.11. The number of nitro benzene ring substituents is 2. The van der Waals surface area contributed by atoms with Gasteiger partial charge in [-0.05, 0) is 48.6 Å². The minimum atomic E-state index is -0.901. The molecule has 2 fully saturated rings. The summed E-state index contributed by atoms with van der Waals surface area (Å²) in [7, 11) is 0. The van der Waals surface area contributed by atoms with Crippen LogP contribution in [-0.4, -0.2) is 78.6 Å². The Balaban J connectivity index is 1.08. The van der Waals surface area contributed by atoms with Crippen molar-refractivity contribution in [3.05, 3.63) is 103 Å². The number of aliphatic hydroxyl groups excluding tert-OH is 1. The smallest absolute Gasteiger partial charge is 0.410 e. The molecule has 5 heterocycles. The van der Waals surface area contributed by atoms with Crippen LogP contribution in [0.5, 0.6) is 0 Å². The second kappa shape index (κ2) is 14.8. The molecule has 1 N–H and O–H groups in total. The summed E-state index contributed by atoms with van der Waals surface area (Å²) in [5, 5.41) is 33.4. The summed E-state index contributed by atoms with van der Waals surface area (Å²) in [5.41, 5.74) is 1.91. The van der Waals surface area contributed by atoms with Crippen molar-refractivity contribution >= 4 is 62.8 Å². The first kappa shape index (κ1) is 37.0. The summed E-state index contributed by atoms with van der Waals surface area (Å²) in [6, 6.07) is 11.3. The first-order valence-corrected chi connectivity index (χ1v) is 19.3. The summed E-state index contributed by atoms with van der Waals surface area (Å²) in [4.78, 5) is 65.8. The molecule has 18 heteroatoms. The van der Waals surface area contributed by atoms with Crippen molar-refractivity contribution in [2.75, 3.05) is 19.3 Å². The number of rotatable bonds is 11. The Bertz CT molecular complexity index is 2170. The number of hydrogen-bond acceptors (Lipinski definition) is 12. The van der Waals surface area contributed by atoms with Crippen LogP contribution < -0.4 is 4.57 Å². The van der Waals surface area contributed by atoms with Crippen LogP contribution in [0.25, 0.3) is 10.4 Å². The fraction of sp³-hybridized carbons (Fsp3) is 0.389. The molecule has 16 nitrogen and oxygen atoms in total. The number of carbonyl (C=O) groups excluding carboxylic acids is 3. The third-order valence-electron chi connectivity index (χ3n) is 10.3. The summed E-state index contributed by atoms with van der Waals surface area (Å²) in [6.07, 6.45) is 6.01. The number of carbonyl (C=O) groups is 3. The summed E-state index contributed by atoms with van der Waals surface area (Å²) in [5.74, 6) is -1.96. The lowest BCUT2D eigenvalue weighted by molar-refractivity contribution is -0.756. The fourth-order valence-corrected chi connectivity index (χ4v) is 9.80. The molecule has 0 bridgehead atoms. The summed E-state index contributed by atoms with van der Waals surface area (Å²) < 4.78 is 15.4. The average molecular weight is 778 g/mol. The standard InChI is InChI=1S/C36H37N6O10S2/c1-20-28(31(40-30(20)29(21(2)43)32(40)44)35(45)51-17-22-4-8-25(9-5-22)41(47)48)27-16-38-19-39(34(53-3)33(38)54-27)24-12-14-37(15-13-24)36(46)52-18-23-6-10-26(11-7-23)42(49)50/h4-11,16,19-21,24,29-30,43H,12-15,17-18H2,1-3H3/q+1/t20-,21+,29+,30+/m0/s1. The Morgan fingerprint density at radius 2 is 1.57 bits per heavy atom. The van der Waals surface area contributed by atoms with E-state index in [4.69, 9.17) is 9.47 Å². The van der Waals surface area contributed by atoms with Crippen LogP contribution >= 0.6 is 23.1 Å². The highest BCUT2D eigenvalue weighted by atomic mass is 32.2. The topological polar surface area (TPSA) is 191 Å². The third-order valence-corrected chi connectivity index (χ3v) is 12.4. The van der Waals surface area contributed by atoms with Crippen LogP contribution in [0.3, 0.4) is 0 Å². The van der Waals surface area contributed by atoms with Gasteiger partial charge in [0, 0.05) is 61.7 Å². The van der Waals surface area contributed by atoms with E-state index in [2.05, 4.69) is 4.57 Å². The number of fused-ring (bicyclic) bond motifs is 2. The zero-order valence-electron chi connectivity index (χ0n) is 29.5. The molecule has 2 aromatic heterocycles. The van der Waals surface area contributed by atoms with Crippen LogP contribution in [0.1, 0.15) is 48.7 Å². The lowest BCUT2D eigenvalue weighted by Gasteiger charge is -2.46. The van der Waals surface area contributed by atoms with Crippen LogP contribution in [0.15, 0.2) is 71.8 Å². The molecule has 2 amide bonds. The van der Waals surface area contributed by atoms with E-state index in [1.807, 2.05) is 30.1 Å². The number of imidazole rings is 1. The van der Waals surface area contributed by atoms with Crippen molar-refractivity contribution in [3.63, 3.8) is 0 Å². The molecule has 0 aliphatic carbocycles. The van der Waals surface area contributed by atoms with Gasteiger partial charge in [-0.2, -0.15) is 4.40 Å². The lowest BCUT2D eigenvalue weighted by Crippen LogP contribution is -2.63. The zero-order valence-corrected chi connectivity index (χ0v) is 31.2. The molecule has 3 aliphatic heterocycles. The Labute approximate surface area is 316 Å². The molecule has 282 valence electrons. The number of thioether (sulfide) groups is 1. The van der Waals surface area contributed by atoms with E-state index in [0.29, 0.717) is 42.6 Å². The molecule has 54 heavy (non-hydrogen) atoms. The number of esters is 1. The molecule has 0 spiro atoms. The van der Waals surface area contributed by atoms with Gasteiger partial charge in [0.25, 0.3) is 17.7 Å². The fourth-order valence-electron chi connectivity index (χ4n) is 7.57.